The second-order valence-corrected chi connectivity index (χ2v) is 5.93. The van der Waals surface area contributed by atoms with Gasteiger partial charge < -0.3 is 10.2 Å². The molecule has 2 aromatic carbocycles. The minimum Gasteiger partial charge on any atom is -0.325 e. The van der Waals surface area contributed by atoms with Crippen LogP contribution in [0.4, 0.5) is 36.3 Å². The van der Waals surface area contributed by atoms with Crippen LogP contribution in [-0.4, -0.2) is 21.7 Å². The van der Waals surface area contributed by atoms with Gasteiger partial charge in [0.1, 0.15) is 0 Å². The maximum atomic E-state index is 12.9. The molecule has 0 saturated carbocycles. The average Bonchev–Trinajstić information content (AvgIpc) is 2.62. The fourth-order valence-electron chi connectivity index (χ4n) is 2.65. The summed E-state index contributed by atoms with van der Waals surface area (Å²) < 4.78 is 38.6. The first-order chi connectivity index (χ1) is 12.9. The molecule has 1 aromatic heterocycles. The molecule has 140 valence electrons. The number of hydrogen-bond acceptors (Lipinski definition) is 5. The van der Waals surface area contributed by atoms with E-state index < -0.39 is 11.7 Å². The first-order valence-electron chi connectivity index (χ1n) is 8.35. The fraction of sp³-hybridized carbons (Fsp3) is 0.211. The van der Waals surface area contributed by atoms with Crippen LogP contribution in [0.25, 0.3) is 0 Å². The van der Waals surface area contributed by atoms with Gasteiger partial charge in [0.25, 0.3) is 0 Å². The molecule has 5 nitrogen and oxygen atoms in total. The van der Waals surface area contributed by atoms with Gasteiger partial charge in [0.05, 0.1) is 11.8 Å². The van der Waals surface area contributed by atoms with Crippen molar-refractivity contribution in [2.75, 3.05) is 16.8 Å². The molecular formula is C19H18F3N5. The third kappa shape index (κ3) is 4.52. The highest BCUT2D eigenvalue weighted by molar-refractivity contribution is 5.62. The summed E-state index contributed by atoms with van der Waals surface area (Å²) in [6.45, 7) is 4.62. The van der Waals surface area contributed by atoms with Gasteiger partial charge in [-0.15, -0.1) is 5.10 Å². The van der Waals surface area contributed by atoms with E-state index in [4.69, 9.17) is 0 Å². The number of nitrogens with zero attached hydrogens (tertiary/aromatic N) is 4. The zero-order valence-electron chi connectivity index (χ0n) is 14.8. The Hall–Kier alpha value is -3.16. The summed E-state index contributed by atoms with van der Waals surface area (Å²) in [6.07, 6.45) is -2.90. The first-order valence-corrected chi connectivity index (χ1v) is 8.35. The van der Waals surface area contributed by atoms with Crippen molar-refractivity contribution < 1.29 is 13.2 Å². The largest absolute Gasteiger partial charge is 0.416 e. The zero-order valence-corrected chi connectivity index (χ0v) is 14.8. The van der Waals surface area contributed by atoms with Gasteiger partial charge in [0.15, 0.2) is 5.82 Å². The molecule has 1 N–H and O–H groups in total. The fourth-order valence-corrected chi connectivity index (χ4v) is 2.65. The third-order valence-corrected chi connectivity index (χ3v) is 3.90. The van der Waals surface area contributed by atoms with Gasteiger partial charge in [-0.25, -0.2) is 0 Å². The SMILES string of the molecule is CCN(c1cccc(C)c1)c1cnnc(Nc2cccc(C(F)(F)F)c2)n1. The quantitative estimate of drug-likeness (QED) is 0.674. The van der Waals surface area contributed by atoms with Gasteiger partial charge in [-0.3, -0.25) is 0 Å². The predicted molar refractivity (Wildman–Crippen MR) is 98.4 cm³/mol. The number of aryl methyl sites for hydroxylation is 1. The number of nitrogens with one attached hydrogen (secondary N) is 1. The number of halogens is 3. The minimum absolute atomic E-state index is 0.123. The Morgan fingerprint density at radius 3 is 2.56 bits per heavy atom. The molecule has 8 heteroatoms. The summed E-state index contributed by atoms with van der Waals surface area (Å²) in [6, 6.07) is 12.8. The summed E-state index contributed by atoms with van der Waals surface area (Å²) in [5.74, 6) is 0.672. The van der Waals surface area contributed by atoms with Crippen LogP contribution in [-0.2, 0) is 6.18 Å². The van der Waals surface area contributed by atoms with Crippen LogP contribution in [0.3, 0.4) is 0 Å². The lowest BCUT2D eigenvalue weighted by atomic mass is 10.2. The molecular weight excluding hydrogens is 355 g/mol. The molecule has 0 radical (unpaired) electrons. The minimum atomic E-state index is -4.41. The van der Waals surface area contributed by atoms with Crippen LogP contribution in [0.2, 0.25) is 0 Å². The van der Waals surface area contributed by atoms with Gasteiger partial charge in [-0.05, 0) is 49.7 Å². The highest BCUT2D eigenvalue weighted by Crippen LogP contribution is 2.31. The smallest absolute Gasteiger partial charge is 0.325 e. The number of benzene rings is 2. The maximum Gasteiger partial charge on any atom is 0.416 e. The predicted octanol–water partition coefficient (Wildman–Crippen LogP) is 5.10. The summed E-state index contributed by atoms with van der Waals surface area (Å²) in [7, 11) is 0. The molecule has 0 saturated heterocycles. The number of anilines is 4. The standard InChI is InChI=1S/C19H18F3N5/c1-3-27(16-9-4-6-13(2)10-16)17-12-23-26-18(25-17)24-15-8-5-7-14(11-15)19(20,21)22/h4-12H,3H2,1-2H3,(H,24,25,26). The van der Waals surface area contributed by atoms with E-state index in [0.29, 0.717) is 12.4 Å². The van der Waals surface area contributed by atoms with E-state index in [1.165, 1.54) is 18.3 Å². The van der Waals surface area contributed by atoms with Crippen LogP contribution in [0.15, 0.2) is 54.7 Å². The second kappa shape index (κ2) is 7.61. The molecule has 0 fully saturated rings. The number of rotatable bonds is 5. The van der Waals surface area contributed by atoms with Crippen molar-refractivity contribution in [1.29, 1.82) is 0 Å². The molecule has 27 heavy (non-hydrogen) atoms. The van der Waals surface area contributed by atoms with E-state index in [2.05, 4.69) is 20.5 Å². The van der Waals surface area contributed by atoms with Gasteiger partial charge in [0.2, 0.25) is 5.95 Å². The molecule has 0 aliphatic rings. The Labute approximate surface area is 154 Å². The molecule has 1 heterocycles. The topological polar surface area (TPSA) is 53.9 Å². The van der Waals surface area contributed by atoms with Crippen molar-refractivity contribution in [2.24, 2.45) is 0 Å². The molecule has 0 unspecified atom stereocenters. The molecule has 0 atom stereocenters. The van der Waals surface area contributed by atoms with Crippen LogP contribution < -0.4 is 10.2 Å². The van der Waals surface area contributed by atoms with Gasteiger partial charge >= 0.3 is 6.18 Å². The van der Waals surface area contributed by atoms with E-state index in [-0.39, 0.29) is 11.6 Å². The van der Waals surface area contributed by atoms with Crippen molar-refractivity contribution in [3.8, 4) is 0 Å². The van der Waals surface area contributed by atoms with E-state index >= 15 is 0 Å². The molecule has 0 aliphatic heterocycles. The van der Waals surface area contributed by atoms with Crippen LogP contribution in [0, 0.1) is 6.92 Å². The van der Waals surface area contributed by atoms with E-state index in [1.54, 1.807) is 0 Å². The number of aromatic nitrogens is 3. The van der Waals surface area contributed by atoms with Crippen molar-refractivity contribution in [2.45, 2.75) is 20.0 Å². The van der Waals surface area contributed by atoms with Gasteiger partial charge in [-0.1, -0.05) is 18.2 Å². The summed E-state index contributed by atoms with van der Waals surface area (Å²) in [5.41, 5.74) is 1.55. The zero-order chi connectivity index (χ0) is 19.4. The van der Waals surface area contributed by atoms with E-state index in [9.17, 15) is 13.2 Å². The summed E-state index contributed by atoms with van der Waals surface area (Å²) in [5, 5.41) is 10.6. The van der Waals surface area contributed by atoms with E-state index in [1.807, 2.05) is 43.0 Å². The lowest BCUT2D eigenvalue weighted by Gasteiger charge is -2.22. The molecule has 0 aliphatic carbocycles. The monoisotopic (exact) mass is 373 g/mol. The highest BCUT2D eigenvalue weighted by atomic mass is 19.4. The number of hydrogen-bond donors (Lipinski definition) is 1. The normalized spacial score (nSPS) is 11.3. The Bertz CT molecular complexity index is 927. The molecule has 0 spiro atoms. The Morgan fingerprint density at radius 2 is 1.85 bits per heavy atom. The van der Waals surface area contributed by atoms with Crippen molar-refractivity contribution in [3.05, 3.63) is 65.9 Å². The Balaban J connectivity index is 1.87. The van der Waals surface area contributed by atoms with E-state index in [0.717, 1.165) is 23.4 Å². The summed E-state index contributed by atoms with van der Waals surface area (Å²) >= 11 is 0. The Morgan fingerprint density at radius 1 is 1.07 bits per heavy atom. The van der Waals surface area contributed by atoms with Gasteiger partial charge in [-0.2, -0.15) is 23.3 Å². The molecule has 0 amide bonds. The van der Waals surface area contributed by atoms with Crippen LogP contribution >= 0.6 is 0 Å². The maximum absolute atomic E-state index is 12.9. The van der Waals surface area contributed by atoms with Crippen LogP contribution in [0.5, 0.6) is 0 Å². The highest BCUT2D eigenvalue weighted by Gasteiger charge is 2.30. The average molecular weight is 373 g/mol. The summed E-state index contributed by atoms with van der Waals surface area (Å²) in [4.78, 5) is 6.34. The number of alkyl halides is 3. The third-order valence-electron chi connectivity index (χ3n) is 3.90. The molecule has 3 rings (SSSR count). The Kier molecular flexibility index (Phi) is 5.25. The molecule has 3 aromatic rings. The van der Waals surface area contributed by atoms with Crippen molar-refractivity contribution in [3.63, 3.8) is 0 Å². The lowest BCUT2D eigenvalue weighted by Crippen LogP contribution is -2.18. The second-order valence-electron chi connectivity index (χ2n) is 5.93. The van der Waals surface area contributed by atoms with Crippen LogP contribution in [0.1, 0.15) is 18.1 Å². The van der Waals surface area contributed by atoms with Gasteiger partial charge in [0, 0.05) is 17.9 Å². The lowest BCUT2D eigenvalue weighted by molar-refractivity contribution is -0.137. The first kappa shape index (κ1) is 18.6. The van der Waals surface area contributed by atoms with Crippen molar-refractivity contribution >= 4 is 23.1 Å². The van der Waals surface area contributed by atoms with Crippen molar-refractivity contribution in [1.82, 2.24) is 15.2 Å². The molecule has 0 bridgehead atoms.